The maximum atomic E-state index is 13.0. The van der Waals surface area contributed by atoms with Gasteiger partial charge in [0.1, 0.15) is 6.04 Å². The van der Waals surface area contributed by atoms with Gasteiger partial charge in [-0.05, 0) is 30.9 Å². The van der Waals surface area contributed by atoms with Crippen molar-refractivity contribution in [2.75, 3.05) is 6.54 Å². The minimum absolute atomic E-state index is 0.0464. The van der Waals surface area contributed by atoms with Crippen molar-refractivity contribution in [2.45, 2.75) is 46.7 Å². The van der Waals surface area contributed by atoms with Gasteiger partial charge in [0.2, 0.25) is 11.8 Å². The summed E-state index contributed by atoms with van der Waals surface area (Å²) in [6.07, 6.45) is 0.286. The van der Waals surface area contributed by atoms with E-state index in [-0.39, 0.29) is 18.2 Å². The molecule has 27 heavy (non-hydrogen) atoms. The van der Waals surface area contributed by atoms with Gasteiger partial charge in [-0.15, -0.1) is 0 Å². The van der Waals surface area contributed by atoms with E-state index in [0.717, 1.165) is 16.7 Å². The molecule has 1 N–H and O–H groups in total. The lowest BCUT2D eigenvalue weighted by Crippen LogP contribution is -2.48. The molecule has 0 radical (unpaired) electrons. The maximum Gasteiger partial charge on any atom is 0.242 e. The molecule has 0 saturated carbocycles. The van der Waals surface area contributed by atoms with Crippen molar-refractivity contribution in [3.8, 4) is 0 Å². The van der Waals surface area contributed by atoms with Crippen LogP contribution in [0.4, 0.5) is 0 Å². The number of carbonyl (C=O) groups excluding carboxylic acids is 2. The summed E-state index contributed by atoms with van der Waals surface area (Å²) in [6, 6.07) is 17.2. The molecule has 0 spiro atoms. The number of nitrogens with zero attached hydrogens (tertiary/aromatic N) is 1. The van der Waals surface area contributed by atoms with Crippen LogP contribution in [0, 0.1) is 12.8 Å². The van der Waals surface area contributed by atoms with E-state index in [9.17, 15) is 9.59 Å². The first kappa shape index (κ1) is 20.7. The van der Waals surface area contributed by atoms with Crippen LogP contribution in [0.2, 0.25) is 0 Å². The van der Waals surface area contributed by atoms with E-state index in [2.05, 4.69) is 25.2 Å². The van der Waals surface area contributed by atoms with Crippen LogP contribution in [0.5, 0.6) is 0 Å². The van der Waals surface area contributed by atoms with E-state index in [1.54, 1.807) is 11.8 Å². The molecule has 2 aromatic rings. The average molecular weight is 367 g/mol. The number of nitrogens with one attached hydrogen (secondary N) is 1. The fourth-order valence-electron chi connectivity index (χ4n) is 2.91. The van der Waals surface area contributed by atoms with Gasteiger partial charge in [-0.3, -0.25) is 9.59 Å². The smallest absolute Gasteiger partial charge is 0.242 e. The Kier molecular flexibility index (Phi) is 7.59. The predicted molar refractivity (Wildman–Crippen MR) is 109 cm³/mol. The second kappa shape index (κ2) is 9.91. The summed E-state index contributed by atoms with van der Waals surface area (Å²) < 4.78 is 0. The summed E-state index contributed by atoms with van der Waals surface area (Å²) in [5.74, 6) is 0.207. The Morgan fingerprint density at radius 2 is 1.63 bits per heavy atom. The van der Waals surface area contributed by atoms with Crippen molar-refractivity contribution < 1.29 is 9.59 Å². The third-order valence-corrected chi connectivity index (χ3v) is 4.49. The highest BCUT2D eigenvalue weighted by Gasteiger charge is 2.26. The highest BCUT2D eigenvalue weighted by Crippen LogP contribution is 2.14. The molecule has 4 nitrogen and oxygen atoms in total. The first-order valence-corrected chi connectivity index (χ1v) is 9.53. The lowest BCUT2D eigenvalue weighted by Gasteiger charge is -2.29. The van der Waals surface area contributed by atoms with Crippen LogP contribution < -0.4 is 5.32 Å². The molecule has 2 rings (SSSR count). The number of hydrogen-bond donors (Lipinski definition) is 1. The van der Waals surface area contributed by atoms with E-state index < -0.39 is 6.04 Å². The fourth-order valence-corrected chi connectivity index (χ4v) is 2.91. The van der Waals surface area contributed by atoms with Crippen molar-refractivity contribution >= 4 is 11.8 Å². The van der Waals surface area contributed by atoms with Crippen LogP contribution in [0.3, 0.4) is 0 Å². The minimum atomic E-state index is -0.527. The van der Waals surface area contributed by atoms with Crippen LogP contribution in [0.25, 0.3) is 0 Å². The highest BCUT2D eigenvalue weighted by molar-refractivity contribution is 5.88. The molecule has 0 bridgehead atoms. The molecular formula is C23H30N2O2. The van der Waals surface area contributed by atoms with Crippen LogP contribution >= 0.6 is 0 Å². The van der Waals surface area contributed by atoms with Crippen molar-refractivity contribution in [2.24, 2.45) is 5.92 Å². The molecule has 0 fully saturated rings. The topological polar surface area (TPSA) is 49.4 Å². The Hall–Kier alpha value is -2.62. The maximum absolute atomic E-state index is 13.0. The van der Waals surface area contributed by atoms with Gasteiger partial charge in [0.25, 0.3) is 0 Å². The van der Waals surface area contributed by atoms with Crippen LogP contribution in [0.1, 0.15) is 37.5 Å². The van der Waals surface area contributed by atoms with Crippen molar-refractivity contribution in [1.29, 1.82) is 0 Å². The predicted octanol–water partition coefficient (Wildman–Crippen LogP) is 3.73. The van der Waals surface area contributed by atoms with Gasteiger partial charge >= 0.3 is 0 Å². The first-order chi connectivity index (χ1) is 12.9. The minimum Gasteiger partial charge on any atom is -0.354 e. The summed E-state index contributed by atoms with van der Waals surface area (Å²) in [5, 5.41) is 2.95. The number of carbonyl (C=O) groups is 2. The third-order valence-electron chi connectivity index (χ3n) is 4.49. The van der Waals surface area contributed by atoms with E-state index in [1.807, 2.05) is 55.5 Å². The van der Waals surface area contributed by atoms with Crippen LogP contribution in [-0.2, 0) is 22.6 Å². The largest absolute Gasteiger partial charge is 0.354 e. The molecule has 0 aliphatic heterocycles. The first-order valence-electron chi connectivity index (χ1n) is 9.53. The lowest BCUT2D eigenvalue weighted by molar-refractivity contribution is -0.140. The number of aryl methyl sites for hydroxylation is 1. The SMILES string of the molecule is Cc1cccc(CN(C(=O)Cc2ccccc2)[C@H](C)C(=O)NCC(C)C)c1. The van der Waals surface area contributed by atoms with E-state index in [0.29, 0.717) is 19.0 Å². The van der Waals surface area contributed by atoms with Gasteiger partial charge in [-0.2, -0.15) is 0 Å². The van der Waals surface area contributed by atoms with E-state index in [4.69, 9.17) is 0 Å². The summed E-state index contributed by atoms with van der Waals surface area (Å²) in [7, 11) is 0. The number of hydrogen-bond acceptors (Lipinski definition) is 2. The molecule has 0 unspecified atom stereocenters. The van der Waals surface area contributed by atoms with Crippen LogP contribution in [-0.4, -0.2) is 29.3 Å². The molecule has 0 aliphatic rings. The Morgan fingerprint density at radius 3 is 2.26 bits per heavy atom. The zero-order valence-corrected chi connectivity index (χ0v) is 16.7. The Bertz CT molecular complexity index is 756. The molecule has 2 amide bonds. The summed E-state index contributed by atoms with van der Waals surface area (Å²) in [6.45, 7) is 8.96. The van der Waals surface area contributed by atoms with Gasteiger partial charge in [-0.1, -0.05) is 74.0 Å². The second-order valence-electron chi connectivity index (χ2n) is 7.49. The second-order valence-corrected chi connectivity index (χ2v) is 7.49. The molecule has 0 aliphatic carbocycles. The average Bonchev–Trinajstić information content (AvgIpc) is 2.64. The third kappa shape index (κ3) is 6.55. The molecule has 1 atom stereocenters. The Labute approximate surface area is 162 Å². The standard InChI is InChI=1S/C23H30N2O2/c1-17(2)15-24-23(27)19(4)25(16-21-12-8-9-18(3)13-21)22(26)14-20-10-6-5-7-11-20/h5-13,17,19H,14-16H2,1-4H3,(H,24,27)/t19-/m1/s1. The van der Waals surface area contributed by atoms with Crippen molar-refractivity contribution in [3.63, 3.8) is 0 Å². The summed E-state index contributed by atoms with van der Waals surface area (Å²) in [4.78, 5) is 27.3. The summed E-state index contributed by atoms with van der Waals surface area (Å²) >= 11 is 0. The molecule has 0 heterocycles. The van der Waals surface area contributed by atoms with Gasteiger partial charge in [0, 0.05) is 13.1 Å². The van der Waals surface area contributed by atoms with Gasteiger partial charge in [0.05, 0.1) is 6.42 Å². The molecule has 4 heteroatoms. The Morgan fingerprint density at radius 1 is 0.963 bits per heavy atom. The quantitative estimate of drug-likeness (QED) is 0.774. The number of rotatable bonds is 8. The van der Waals surface area contributed by atoms with Crippen molar-refractivity contribution in [1.82, 2.24) is 10.2 Å². The molecule has 2 aromatic carbocycles. The number of benzene rings is 2. The van der Waals surface area contributed by atoms with Crippen LogP contribution in [0.15, 0.2) is 54.6 Å². The fraction of sp³-hybridized carbons (Fsp3) is 0.391. The normalized spacial score (nSPS) is 11.9. The van der Waals surface area contributed by atoms with Crippen molar-refractivity contribution in [3.05, 3.63) is 71.3 Å². The highest BCUT2D eigenvalue weighted by atomic mass is 16.2. The van der Waals surface area contributed by atoms with E-state index >= 15 is 0 Å². The lowest BCUT2D eigenvalue weighted by atomic mass is 10.1. The molecule has 0 aromatic heterocycles. The van der Waals surface area contributed by atoms with Gasteiger partial charge in [-0.25, -0.2) is 0 Å². The number of amides is 2. The molecular weight excluding hydrogens is 336 g/mol. The van der Waals surface area contributed by atoms with Gasteiger partial charge < -0.3 is 10.2 Å². The Balaban J connectivity index is 2.18. The summed E-state index contributed by atoms with van der Waals surface area (Å²) in [5.41, 5.74) is 3.12. The monoisotopic (exact) mass is 366 g/mol. The zero-order chi connectivity index (χ0) is 19.8. The molecule has 144 valence electrons. The van der Waals surface area contributed by atoms with E-state index in [1.165, 1.54) is 0 Å². The van der Waals surface area contributed by atoms with Gasteiger partial charge in [0.15, 0.2) is 0 Å². The molecule has 0 saturated heterocycles. The zero-order valence-electron chi connectivity index (χ0n) is 16.7.